The number of fused-ring (bicyclic) bond motifs is 1. The molecule has 1 aromatic carbocycles. The number of hydrogen-bond acceptors (Lipinski definition) is 9. The number of piperazine rings is 1. The molecule has 5 rings (SSSR count). The first-order valence-corrected chi connectivity index (χ1v) is 14.6. The van der Waals surface area contributed by atoms with Crippen LogP contribution in [0.5, 0.6) is 11.5 Å². The molecule has 2 saturated heterocycles. The molecule has 0 radical (unpaired) electrons. The van der Waals surface area contributed by atoms with Gasteiger partial charge < -0.3 is 19.3 Å². The maximum atomic E-state index is 13.3. The molecule has 4 heterocycles. The second-order valence-electron chi connectivity index (χ2n) is 8.59. The van der Waals surface area contributed by atoms with Crippen LogP contribution in [0.2, 0.25) is 0 Å². The number of ether oxygens (including phenoxy) is 2. The number of benzene rings is 1. The molecule has 1 unspecified atom stereocenters. The van der Waals surface area contributed by atoms with E-state index in [1.807, 2.05) is 17.0 Å². The third-order valence-corrected chi connectivity index (χ3v) is 11.0. The predicted octanol–water partition coefficient (Wildman–Crippen LogP) is 3.12. The highest BCUT2D eigenvalue weighted by Crippen LogP contribution is 2.40. The fourth-order valence-electron chi connectivity index (χ4n) is 4.69. The molecule has 0 bridgehead atoms. The molecule has 12 heteroatoms. The van der Waals surface area contributed by atoms with Crippen molar-refractivity contribution in [2.24, 2.45) is 5.92 Å². The minimum Gasteiger partial charge on any atom is -0.495 e. The van der Waals surface area contributed by atoms with E-state index in [1.54, 1.807) is 43.1 Å². The predicted molar refractivity (Wildman–Crippen MR) is 137 cm³/mol. The zero-order chi connectivity index (χ0) is 24.6. The van der Waals surface area contributed by atoms with Crippen molar-refractivity contribution in [1.29, 1.82) is 0 Å². The van der Waals surface area contributed by atoms with Gasteiger partial charge in [0.1, 0.15) is 25.9 Å². The molecular weight excluding hydrogens is 508 g/mol. The van der Waals surface area contributed by atoms with Gasteiger partial charge in [0.25, 0.3) is 10.0 Å². The lowest BCUT2D eigenvalue weighted by atomic mass is 9.98. The summed E-state index contributed by atoms with van der Waals surface area (Å²) in [4.78, 5) is 22.2. The Hall–Kier alpha value is -2.41. The summed E-state index contributed by atoms with van der Waals surface area (Å²) in [5.74, 6) is 1.21. The van der Waals surface area contributed by atoms with E-state index in [9.17, 15) is 13.2 Å². The number of amides is 1. The van der Waals surface area contributed by atoms with Crippen molar-refractivity contribution in [1.82, 2.24) is 14.2 Å². The number of anilines is 1. The summed E-state index contributed by atoms with van der Waals surface area (Å²) in [6, 6.07) is 7.10. The van der Waals surface area contributed by atoms with Crippen LogP contribution in [0.3, 0.4) is 0 Å². The van der Waals surface area contributed by atoms with Crippen molar-refractivity contribution < 1.29 is 22.7 Å². The molecule has 2 aliphatic heterocycles. The quantitative estimate of drug-likeness (QED) is 0.478. The number of carbonyl (C=O) groups excluding carboxylic acids is 1. The number of thiophene rings is 1. The minimum absolute atomic E-state index is 0.0448. The summed E-state index contributed by atoms with van der Waals surface area (Å²) in [7, 11) is -0.270. The number of nitrogens with zero attached hydrogens (tertiary/aromatic N) is 4. The number of carbonyl (C=O) groups is 1. The zero-order valence-corrected chi connectivity index (χ0v) is 22.1. The van der Waals surface area contributed by atoms with Gasteiger partial charge in [0.2, 0.25) is 5.91 Å². The first-order chi connectivity index (χ1) is 16.9. The second kappa shape index (κ2) is 9.92. The van der Waals surface area contributed by atoms with Crippen LogP contribution in [-0.4, -0.2) is 82.0 Å². The molecule has 0 spiro atoms. The maximum Gasteiger partial charge on any atom is 0.252 e. The van der Waals surface area contributed by atoms with Crippen LogP contribution in [0.1, 0.15) is 12.8 Å². The van der Waals surface area contributed by atoms with Gasteiger partial charge in [0.05, 0.1) is 20.1 Å². The van der Waals surface area contributed by atoms with Crippen LogP contribution in [0, 0.1) is 5.92 Å². The van der Waals surface area contributed by atoms with Gasteiger partial charge >= 0.3 is 0 Å². The Morgan fingerprint density at radius 1 is 1.06 bits per heavy atom. The SMILES string of the molecule is COc1ccc(OC)c2sc(N3CCN(C(=O)C4CCCN(S(=O)(=O)c5cccs5)C4)CC3)nc12. The minimum atomic E-state index is -3.54. The molecule has 1 atom stereocenters. The summed E-state index contributed by atoms with van der Waals surface area (Å²) in [6.45, 7) is 3.20. The molecule has 2 aliphatic rings. The summed E-state index contributed by atoms with van der Waals surface area (Å²) in [5, 5.41) is 2.64. The molecule has 0 aliphatic carbocycles. The van der Waals surface area contributed by atoms with Crippen LogP contribution in [0.4, 0.5) is 5.13 Å². The van der Waals surface area contributed by atoms with Crippen molar-refractivity contribution in [2.75, 3.05) is 58.4 Å². The molecule has 2 aromatic heterocycles. The van der Waals surface area contributed by atoms with Crippen molar-refractivity contribution in [3.05, 3.63) is 29.6 Å². The molecule has 35 heavy (non-hydrogen) atoms. The first-order valence-electron chi connectivity index (χ1n) is 11.5. The van der Waals surface area contributed by atoms with Gasteiger partial charge in [0.15, 0.2) is 5.13 Å². The Morgan fingerprint density at radius 2 is 1.80 bits per heavy atom. The lowest BCUT2D eigenvalue weighted by Gasteiger charge is -2.38. The van der Waals surface area contributed by atoms with E-state index in [0.29, 0.717) is 55.5 Å². The number of thiazole rings is 1. The number of hydrogen-bond donors (Lipinski definition) is 0. The van der Waals surface area contributed by atoms with Crippen molar-refractivity contribution >= 4 is 54.0 Å². The Bertz CT molecular complexity index is 1260. The van der Waals surface area contributed by atoms with E-state index in [1.165, 1.54) is 15.6 Å². The molecule has 188 valence electrons. The van der Waals surface area contributed by atoms with Crippen molar-refractivity contribution in [3.8, 4) is 11.5 Å². The lowest BCUT2D eigenvalue weighted by Crippen LogP contribution is -2.53. The number of sulfonamides is 1. The third kappa shape index (κ3) is 4.59. The smallest absolute Gasteiger partial charge is 0.252 e. The first kappa shape index (κ1) is 24.3. The van der Waals surface area contributed by atoms with Crippen LogP contribution >= 0.6 is 22.7 Å². The van der Waals surface area contributed by atoms with Crippen LogP contribution in [0.15, 0.2) is 33.9 Å². The molecule has 9 nitrogen and oxygen atoms in total. The zero-order valence-electron chi connectivity index (χ0n) is 19.7. The molecule has 0 saturated carbocycles. The second-order valence-corrected chi connectivity index (χ2v) is 12.7. The number of methoxy groups -OCH3 is 2. The van der Waals surface area contributed by atoms with Gasteiger partial charge in [-0.2, -0.15) is 4.31 Å². The highest BCUT2D eigenvalue weighted by molar-refractivity contribution is 7.91. The topological polar surface area (TPSA) is 92.3 Å². The van der Waals surface area contributed by atoms with Gasteiger partial charge in [-0.05, 0) is 36.4 Å². The van der Waals surface area contributed by atoms with Crippen LogP contribution in [0.25, 0.3) is 10.2 Å². The van der Waals surface area contributed by atoms with E-state index in [0.717, 1.165) is 21.1 Å². The fraction of sp³-hybridized carbons (Fsp3) is 0.478. The van der Waals surface area contributed by atoms with E-state index in [-0.39, 0.29) is 18.4 Å². The van der Waals surface area contributed by atoms with Gasteiger partial charge in [0, 0.05) is 39.3 Å². The largest absolute Gasteiger partial charge is 0.495 e. The fourth-order valence-corrected chi connectivity index (χ4v) is 8.48. The molecule has 2 fully saturated rings. The van der Waals surface area contributed by atoms with Crippen molar-refractivity contribution in [2.45, 2.75) is 17.1 Å². The van der Waals surface area contributed by atoms with Crippen molar-refractivity contribution in [3.63, 3.8) is 0 Å². The molecule has 3 aromatic rings. The summed E-state index contributed by atoms with van der Waals surface area (Å²) < 4.78 is 39.6. The van der Waals surface area contributed by atoms with E-state index in [4.69, 9.17) is 14.5 Å². The van der Waals surface area contributed by atoms with Crippen LogP contribution in [-0.2, 0) is 14.8 Å². The average Bonchev–Trinajstić information content (AvgIpc) is 3.59. The summed E-state index contributed by atoms with van der Waals surface area (Å²) in [6.07, 6.45) is 1.41. The highest BCUT2D eigenvalue weighted by atomic mass is 32.2. The molecular formula is C23H28N4O5S3. The third-order valence-electron chi connectivity index (χ3n) is 6.58. The Labute approximate surface area is 212 Å². The number of rotatable bonds is 6. The standard InChI is InChI=1S/C23H28N4O5S3/c1-31-17-7-8-18(32-2)21-20(17)24-23(34-21)26-12-10-25(11-13-26)22(28)16-5-3-9-27(15-16)35(29,30)19-6-4-14-33-19/h4,6-8,14,16H,3,5,9-13,15H2,1-2H3. The van der Waals surface area contributed by atoms with Gasteiger partial charge in [-0.3, -0.25) is 4.79 Å². The van der Waals surface area contributed by atoms with E-state index >= 15 is 0 Å². The highest BCUT2D eigenvalue weighted by Gasteiger charge is 2.36. The van der Waals surface area contributed by atoms with Crippen LogP contribution < -0.4 is 14.4 Å². The maximum absolute atomic E-state index is 13.3. The van der Waals surface area contributed by atoms with Gasteiger partial charge in [-0.25, -0.2) is 13.4 Å². The Balaban J connectivity index is 1.25. The van der Waals surface area contributed by atoms with E-state index in [2.05, 4.69) is 4.90 Å². The Morgan fingerprint density at radius 3 is 2.49 bits per heavy atom. The summed E-state index contributed by atoms with van der Waals surface area (Å²) in [5.41, 5.74) is 0.777. The molecule has 0 N–H and O–H groups in total. The lowest BCUT2D eigenvalue weighted by molar-refractivity contribution is -0.137. The number of piperidine rings is 1. The van der Waals surface area contributed by atoms with Gasteiger partial charge in [-0.1, -0.05) is 17.4 Å². The Kier molecular flexibility index (Phi) is 6.88. The number of aromatic nitrogens is 1. The normalized spacial score (nSPS) is 19.8. The monoisotopic (exact) mass is 536 g/mol. The van der Waals surface area contributed by atoms with Gasteiger partial charge in [-0.15, -0.1) is 11.3 Å². The molecule has 1 amide bonds. The average molecular weight is 537 g/mol. The van der Waals surface area contributed by atoms with E-state index < -0.39 is 10.0 Å². The summed E-state index contributed by atoms with van der Waals surface area (Å²) >= 11 is 2.77.